The van der Waals surface area contributed by atoms with Crippen LogP contribution in [0.4, 0.5) is 10.3 Å². The highest BCUT2D eigenvalue weighted by Crippen LogP contribution is 2.30. The van der Waals surface area contributed by atoms with Gasteiger partial charge in [-0.1, -0.05) is 0 Å². The Balaban J connectivity index is 1.47. The minimum Gasteiger partial charge on any atom is -0.467 e. The van der Waals surface area contributed by atoms with Gasteiger partial charge in [0.1, 0.15) is 24.2 Å². The third-order valence-corrected chi connectivity index (χ3v) is 4.46. The van der Waals surface area contributed by atoms with E-state index in [0.29, 0.717) is 35.8 Å². The maximum absolute atomic E-state index is 13.8. The molecule has 1 fully saturated rings. The molecule has 0 radical (unpaired) electrons. The number of ether oxygens (including phenoxy) is 3. The van der Waals surface area contributed by atoms with Crippen LogP contribution in [0.1, 0.15) is 24.0 Å². The Morgan fingerprint density at radius 3 is 3.04 bits per heavy atom. The molecule has 3 heterocycles. The first-order valence-corrected chi connectivity index (χ1v) is 8.44. The molecular formula is C18H18FN3O4. The van der Waals surface area contributed by atoms with Crippen LogP contribution in [-0.4, -0.2) is 35.3 Å². The van der Waals surface area contributed by atoms with Crippen LogP contribution in [0.2, 0.25) is 0 Å². The van der Waals surface area contributed by atoms with Crippen molar-refractivity contribution in [1.29, 1.82) is 0 Å². The van der Waals surface area contributed by atoms with Gasteiger partial charge in [0.25, 0.3) is 0 Å². The Morgan fingerprint density at radius 2 is 2.19 bits per heavy atom. The van der Waals surface area contributed by atoms with Gasteiger partial charge in [0.2, 0.25) is 5.95 Å². The van der Waals surface area contributed by atoms with Gasteiger partial charge in [-0.25, -0.2) is 19.2 Å². The van der Waals surface area contributed by atoms with Crippen LogP contribution in [0.25, 0.3) is 0 Å². The van der Waals surface area contributed by atoms with Crippen molar-refractivity contribution in [2.45, 2.75) is 32.1 Å². The van der Waals surface area contributed by atoms with Crippen LogP contribution in [0.5, 0.6) is 5.75 Å². The Hall–Kier alpha value is -2.74. The summed E-state index contributed by atoms with van der Waals surface area (Å²) in [5, 5.41) is 0. The number of anilines is 1. The molecule has 8 heteroatoms. The van der Waals surface area contributed by atoms with Crippen molar-refractivity contribution < 1.29 is 23.4 Å². The Morgan fingerprint density at radius 1 is 1.35 bits per heavy atom. The second kappa shape index (κ2) is 7.25. The molecule has 1 unspecified atom stereocenters. The first kappa shape index (κ1) is 16.7. The van der Waals surface area contributed by atoms with Crippen molar-refractivity contribution in [2.75, 3.05) is 18.2 Å². The number of aromatic nitrogens is 2. The van der Waals surface area contributed by atoms with Crippen LogP contribution in [0, 0.1) is 5.82 Å². The second-order valence-electron chi connectivity index (χ2n) is 6.17. The van der Waals surface area contributed by atoms with E-state index in [9.17, 15) is 9.18 Å². The molecule has 2 aliphatic rings. The van der Waals surface area contributed by atoms with Gasteiger partial charge in [-0.3, -0.25) is 0 Å². The maximum Gasteiger partial charge on any atom is 0.329 e. The Kier molecular flexibility index (Phi) is 4.66. The smallest absolute Gasteiger partial charge is 0.329 e. The topological polar surface area (TPSA) is 73.8 Å². The minimum atomic E-state index is -0.439. The molecule has 2 aliphatic heterocycles. The molecule has 0 spiro atoms. The zero-order valence-corrected chi connectivity index (χ0v) is 14.1. The molecule has 2 aromatic rings. The van der Waals surface area contributed by atoms with E-state index in [-0.39, 0.29) is 26.0 Å². The van der Waals surface area contributed by atoms with E-state index < -0.39 is 11.9 Å². The molecule has 0 bridgehead atoms. The van der Waals surface area contributed by atoms with Crippen LogP contribution in [0.15, 0.2) is 30.6 Å². The van der Waals surface area contributed by atoms with Gasteiger partial charge in [-0.15, -0.1) is 0 Å². The number of halogens is 1. The normalized spacial score (nSPS) is 19.0. The average Bonchev–Trinajstić information content (AvgIpc) is 3.16. The fourth-order valence-corrected chi connectivity index (χ4v) is 3.30. The predicted octanol–water partition coefficient (Wildman–Crippen LogP) is 2.19. The van der Waals surface area contributed by atoms with Crippen LogP contribution in [-0.2, 0) is 27.5 Å². The van der Waals surface area contributed by atoms with E-state index in [1.54, 1.807) is 18.5 Å². The van der Waals surface area contributed by atoms with Gasteiger partial charge in [-0.2, -0.15) is 0 Å². The van der Waals surface area contributed by atoms with Gasteiger partial charge in [0.05, 0.1) is 6.61 Å². The van der Waals surface area contributed by atoms with E-state index in [1.165, 1.54) is 12.1 Å². The summed E-state index contributed by atoms with van der Waals surface area (Å²) in [7, 11) is 0. The van der Waals surface area contributed by atoms with Gasteiger partial charge >= 0.3 is 5.97 Å². The molecule has 7 nitrogen and oxygen atoms in total. The zero-order chi connectivity index (χ0) is 17.9. The highest BCUT2D eigenvalue weighted by Gasteiger charge is 2.33. The lowest BCUT2D eigenvalue weighted by Gasteiger charge is -2.24. The SMILES string of the molecule is O=C(OCc1cc(F)cc2c1OCOC2)C1CCCN1c1ncccn1. The van der Waals surface area contributed by atoms with Gasteiger partial charge < -0.3 is 19.1 Å². The molecule has 0 N–H and O–H groups in total. The number of rotatable bonds is 4. The Labute approximate surface area is 149 Å². The highest BCUT2D eigenvalue weighted by atomic mass is 19.1. The molecule has 1 aromatic heterocycles. The number of fused-ring (bicyclic) bond motifs is 1. The maximum atomic E-state index is 13.8. The van der Waals surface area contributed by atoms with E-state index in [0.717, 1.165) is 6.42 Å². The largest absolute Gasteiger partial charge is 0.467 e. The number of hydrogen-bond donors (Lipinski definition) is 0. The van der Waals surface area contributed by atoms with Gasteiger partial charge in [-0.05, 0) is 31.0 Å². The lowest BCUT2D eigenvalue weighted by Crippen LogP contribution is -2.38. The molecule has 1 atom stereocenters. The lowest BCUT2D eigenvalue weighted by molar-refractivity contribution is -0.146. The summed E-state index contributed by atoms with van der Waals surface area (Å²) in [6, 6.07) is 3.98. The Bertz CT molecular complexity index is 803. The van der Waals surface area contributed by atoms with Crippen LogP contribution in [0.3, 0.4) is 0 Å². The molecule has 0 aliphatic carbocycles. The summed E-state index contributed by atoms with van der Waals surface area (Å²) in [6.07, 6.45) is 4.81. The van der Waals surface area contributed by atoms with Crippen molar-refractivity contribution in [2.24, 2.45) is 0 Å². The van der Waals surface area contributed by atoms with Crippen molar-refractivity contribution in [3.63, 3.8) is 0 Å². The number of benzene rings is 1. The lowest BCUT2D eigenvalue weighted by atomic mass is 10.1. The predicted molar refractivity (Wildman–Crippen MR) is 88.9 cm³/mol. The number of carbonyl (C=O) groups is 1. The third kappa shape index (κ3) is 3.32. The average molecular weight is 359 g/mol. The third-order valence-electron chi connectivity index (χ3n) is 4.46. The van der Waals surface area contributed by atoms with E-state index in [4.69, 9.17) is 14.2 Å². The summed E-state index contributed by atoms with van der Waals surface area (Å²) >= 11 is 0. The van der Waals surface area contributed by atoms with Gasteiger partial charge in [0.15, 0.2) is 6.79 Å². The second-order valence-corrected chi connectivity index (χ2v) is 6.17. The molecule has 0 amide bonds. The van der Waals surface area contributed by atoms with Crippen molar-refractivity contribution >= 4 is 11.9 Å². The number of hydrogen-bond acceptors (Lipinski definition) is 7. The quantitative estimate of drug-likeness (QED) is 0.775. The first-order chi connectivity index (χ1) is 12.7. The zero-order valence-electron chi connectivity index (χ0n) is 14.1. The summed E-state index contributed by atoms with van der Waals surface area (Å²) < 4.78 is 29.9. The summed E-state index contributed by atoms with van der Waals surface area (Å²) in [4.78, 5) is 22.8. The standard InChI is InChI=1S/C18H18FN3O4/c19-14-7-12-9-24-11-26-16(12)13(8-14)10-25-17(23)15-3-1-6-22(15)18-20-4-2-5-21-18/h2,4-5,7-8,15H,1,3,6,9-11H2. The molecule has 4 rings (SSSR count). The van der Waals surface area contributed by atoms with Crippen molar-refractivity contribution in [1.82, 2.24) is 9.97 Å². The van der Waals surface area contributed by atoms with E-state index >= 15 is 0 Å². The number of nitrogens with zero attached hydrogens (tertiary/aromatic N) is 3. The number of carbonyl (C=O) groups excluding carboxylic acids is 1. The molecule has 0 saturated carbocycles. The monoisotopic (exact) mass is 359 g/mol. The number of esters is 1. The molecular weight excluding hydrogens is 341 g/mol. The van der Waals surface area contributed by atoms with Crippen molar-refractivity contribution in [3.05, 3.63) is 47.5 Å². The molecule has 136 valence electrons. The fraction of sp³-hybridized carbons (Fsp3) is 0.389. The van der Waals surface area contributed by atoms with Crippen LogP contribution >= 0.6 is 0 Å². The first-order valence-electron chi connectivity index (χ1n) is 8.44. The van der Waals surface area contributed by atoms with Gasteiger partial charge in [0, 0.05) is 30.1 Å². The minimum absolute atomic E-state index is 0.0566. The van der Waals surface area contributed by atoms with E-state index in [2.05, 4.69) is 9.97 Å². The fourth-order valence-electron chi connectivity index (χ4n) is 3.30. The highest BCUT2D eigenvalue weighted by molar-refractivity contribution is 5.80. The molecule has 1 aromatic carbocycles. The summed E-state index contributed by atoms with van der Waals surface area (Å²) in [5.74, 6) is 0.250. The van der Waals surface area contributed by atoms with Crippen LogP contribution < -0.4 is 9.64 Å². The molecule has 1 saturated heterocycles. The summed E-state index contributed by atoms with van der Waals surface area (Å²) in [5.41, 5.74) is 1.11. The van der Waals surface area contributed by atoms with E-state index in [1.807, 2.05) is 4.90 Å². The molecule has 26 heavy (non-hydrogen) atoms. The van der Waals surface area contributed by atoms with Crippen molar-refractivity contribution in [3.8, 4) is 5.75 Å². The summed E-state index contributed by atoms with van der Waals surface area (Å²) in [6.45, 7) is 1.01.